The number of nitrogens with zero attached hydrogens (tertiary/aromatic N) is 2. The van der Waals surface area contributed by atoms with Gasteiger partial charge in [-0.2, -0.15) is 0 Å². The molecule has 0 aliphatic carbocycles. The molecule has 0 radical (unpaired) electrons. The molecule has 0 aromatic heterocycles. The molecule has 0 spiro atoms. The molecule has 0 atom stereocenters. The van der Waals surface area contributed by atoms with E-state index in [9.17, 15) is 23.9 Å². The van der Waals surface area contributed by atoms with Crippen LogP contribution in [0.4, 0.5) is 14.9 Å². The average Bonchev–Trinajstić information content (AvgIpc) is 3.26. The molecular formula is C26H29FN4O4. The number of aliphatic hydroxyl groups is 1. The molecule has 0 saturated heterocycles. The minimum Gasteiger partial charge on any atom is -0.389 e. The summed E-state index contributed by atoms with van der Waals surface area (Å²) in [6.07, 6.45) is 2.51. The van der Waals surface area contributed by atoms with Gasteiger partial charge in [-0.15, -0.1) is 0 Å². The van der Waals surface area contributed by atoms with Crippen molar-refractivity contribution >= 4 is 29.1 Å². The summed E-state index contributed by atoms with van der Waals surface area (Å²) < 4.78 is 13.4. The third-order valence-corrected chi connectivity index (χ3v) is 6.06. The Balaban J connectivity index is 1.30. The lowest BCUT2D eigenvalue weighted by atomic mass is 9.99. The Morgan fingerprint density at radius 3 is 2.40 bits per heavy atom. The molecule has 2 aromatic carbocycles. The van der Waals surface area contributed by atoms with Gasteiger partial charge in [0.25, 0.3) is 0 Å². The Hall–Kier alpha value is -3.72. The molecule has 2 heterocycles. The highest BCUT2D eigenvalue weighted by Crippen LogP contribution is 2.26. The molecule has 4 rings (SSSR count). The van der Waals surface area contributed by atoms with Crippen molar-refractivity contribution in [3.8, 4) is 0 Å². The van der Waals surface area contributed by atoms with Crippen LogP contribution in [0.15, 0.2) is 48.5 Å². The van der Waals surface area contributed by atoms with Crippen molar-refractivity contribution in [2.75, 3.05) is 25.0 Å². The molecule has 0 saturated carbocycles. The van der Waals surface area contributed by atoms with Crippen molar-refractivity contribution in [3.63, 3.8) is 0 Å². The van der Waals surface area contributed by atoms with Crippen molar-refractivity contribution in [3.05, 3.63) is 71.0 Å². The first-order valence-corrected chi connectivity index (χ1v) is 11.5. The zero-order chi connectivity index (χ0) is 25.2. The van der Waals surface area contributed by atoms with E-state index >= 15 is 0 Å². The van der Waals surface area contributed by atoms with Gasteiger partial charge in [0, 0.05) is 38.4 Å². The smallest absolute Gasteiger partial charge is 0.322 e. The first-order chi connectivity index (χ1) is 16.6. The van der Waals surface area contributed by atoms with E-state index in [1.54, 1.807) is 24.8 Å². The van der Waals surface area contributed by atoms with E-state index in [-0.39, 0.29) is 18.4 Å². The number of fused-ring (bicyclic) bond motifs is 1. The molecule has 9 heteroatoms. The van der Waals surface area contributed by atoms with Crippen LogP contribution in [-0.2, 0) is 22.7 Å². The summed E-state index contributed by atoms with van der Waals surface area (Å²) in [6, 6.07) is 11.8. The van der Waals surface area contributed by atoms with E-state index < -0.39 is 17.4 Å². The number of amides is 4. The fourth-order valence-corrected chi connectivity index (χ4v) is 4.11. The quantitative estimate of drug-likeness (QED) is 0.586. The van der Waals surface area contributed by atoms with E-state index in [1.807, 2.05) is 30.3 Å². The van der Waals surface area contributed by atoms with Crippen LogP contribution >= 0.6 is 0 Å². The average molecular weight is 481 g/mol. The van der Waals surface area contributed by atoms with Crippen LogP contribution in [-0.4, -0.2) is 58.0 Å². The van der Waals surface area contributed by atoms with Gasteiger partial charge in [0.15, 0.2) is 0 Å². The maximum atomic E-state index is 13.4. The lowest BCUT2D eigenvalue weighted by Crippen LogP contribution is -2.48. The van der Waals surface area contributed by atoms with Crippen molar-refractivity contribution in [2.45, 2.75) is 39.0 Å². The highest BCUT2D eigenvalue weighted by Gasteiger charge is 2.26. The summed E-state index contributed by atoms with van der Waals surface area (Å²) in [5.74, 6) is -1.65. The molecule has 2 aliphatic heterocycles. The van der Waals surface area contributed by atoms with Gasteiger partial charge in [0.05, 0.1) is 5.60 Å². The second-order valence-electron chi connectivity index (χ2n) is 9.50. The Morgan fingerprint density at radius 2 is 1.74 bits per heavy atom. The fraction of sp³-hybridized carbons (Fsp3) is 0.346. The maximum absolute atomic E-state index is 13.4. The zero-order valence-electron chi connectivity index (χ0n) is 19.8. The zero-order valence-corrected chi connectivity index (χ0v) is 19.8. The van der Waals surface area contributed by atoms with Crippen LogP contribution in [0.1, 0.15) is 37.0 Å². The minimum absolute atomic E-state index is 0.00135. The number of hydrogen-bond acceptors (Lipinski definition) is 4. The van der Waals surface area contributed by atoms with Crippen LogP contribution in [0.3, 0.4) is 0 Å². The van der Waals surface area contributed by atoms with Crippen LogP contribution < -0.4 is 10.6 Å². The number of rotatable bonds is 4. The summed E-state index contributed by atoms with van der Waals surface area (Å²) in [7, 11) is 0. The minimum atomic E-state index is -1.09. The topological polar surface area (TPSA) is 102 Å². The van der Waals surface area contributed by atoms with Crippen molar-refractivity contribution in [1.29, 1.82) is 0 Å². The van der Waals surface area contributed by atoms with Crippen LogP contribution in [0.25, 0.3) is 5.57 Å². The molecule has 184 valence electrons. The molecule has 35 heavy (non-hydrogen) atoms. The normalized spacial score (nSPS) is 15.4. The second kappa shape index (κ2) is 9.87. The van der Waals surface area contributed by atoms with Gasteiger partial charge in [-0.25, -0.2) is 9.18 Å². The molecule has 3 N–H and O–H groups in total. The first kappa shape index (κ1) is 24.4. The van der Waals surface area contributed by atoms with E-state index in [1.165, 1.54) is 17.0 Å². The Bertz CT molecular complexity index is 1170. The van der Waals surface area contributed by atoms with Crippen molar-refractivity contribution < 1.29 is 23.9 Å². The molecule has 0 unspecified atom stereocenters. The lowest BCUT2D eigenvalue weighted by molar-refractivity contribution is -0.146. The summed E-state index contributed by atoms with van der Waals surface area (Å²) in [6.45, 7) is 4.65. The molecule has 8 nitrogen and oxygen atoms in total. The Morgan fingerprint density at radius 1 is 1.03 bits per heavy atom. The first-order valence-electron chi connectivity index (χ1n) is 11.5. The van der Waals surface area contributed by atoms with E-state index in [2.05, 4.69) is 10.6 Å². The van der Waals surface area contributed by atoms with Gasteiger partial charge in [-0.1, -0.05) is 24.3 Å². The van der Waals surface area contributed by atoms with Gasteiger partial charge in [0.1, 0.15) is 5.82 Å². The van der Waals surface area contributed by atoms with E-state index in [4.69, 9.17) is 0 Å². The van der Waals surface area contributed by atoms with Gasteiger partial charge in [0.2, 0.25) is 0 Å². The van der Waals surface area contributed by atoms with Crippen LogP contribution in [0.5, 0.6) is 0 Å². The molecule has 0 bridgehead atoms. The Kier molecular flexibility index (Phi) is 6.88. The predicted octanol–water partition coefficient (Wildman–Crippen LogP) is 2.88. The SMILES string of the molecule is CC(C)(O)CNC(=O)C(=O)N1CC=C(c2ccc(NC(=O)N3Cc4ccc(F)cc4C3)cc2)CC1. The van der Waals surface area contributed by atoms with Gasteiger partial charge in [-0.05, 0) is 66.8 Å². The number of nitrogens with one attached hydrogen (secondary N) is 2. The van der Waals surface area contributed by atoms with Gasteiger partial charge in [-0.3, -0.25) is 9.59 Å². The van der Waals surface area contributed by atoms with E-state index in [0.29, 0.717) is 38.3 Å². The van der Waals surface area contributed by atoms with E-state index in [0.717, 1.165) is 22.3 Å². The number of benzene rings is 2. The highest BCUT2D eigenvalue weighted by atomic mass is 19.1. The molecular weight excluding hydrogens is 451 g/mol. The summed E-state index contributed by atoms with van der Waals surface area (Å²) in [4.78, 5) is 40.1. The third-order valence-electron chi connectivity index (χ3n) is 6.06. The number of carbonyl (C=O) groups excluding carboxylic acids is 3. The maximum Gasteiger partial charge on any atom is 0.322 e. The van der Waals surface area contributed by atoms with Crippen molar-refractivity contribution in [1.82, 2.24) is 15.1 Å². The monoisotopic (exact) mass is 480 g/mol. The number of carbonyl (C=O) groups is 3. The third kappa shape index (κ3) is 6.05. The van der Waals surface area contributed by atoms with Gasteiger partial charge < -0.3 is 25.5 Å². The van der Waals surface area contributed by atoms with Crippen LogP contribution in [0, 0.1) is 5.82 Å². The number of urea groups is 1. The fourth-order valence-electron chi connectivity index (χ4n) is 4.11. The molecule has 4 amide bonds. The van der Waals surface area contributed by atoms with Crippen molar-refractivity contribution in [2.24, 2.45) is 0 Å². The number of anilines is 1. The summed E-state index contributed by atoms with van der Waals surface area (Å²) in [5, 5.41) is 15.0. The second-order valence-corrected chi connectivity index (χ2v) is 9.50. The largest absolute Gasteiger partial charge is 0.389 e. The van der Waals surface area contributed by atoms with Gasteiger partial charge >= 0.3 is 17.8 Å². The highest BCUT2D eigenvalue weighted by molar-refractivity contribution is 6.35. The van der Waals surface area contributed by atoms with Crippen LogP contribution in [0.2, 0.25) is 0 Å². The number of hydrogen-bond donors (Lipinski definition) is 3. The summed E-state index contributed by atoms with van der Waals surface area (Å²) in [5.41, 5.74) is 3.37. The molecule has 2 aliphatic rings. The summed E-state index contributed by atoms with van der Waals surface area (Å²) >= 11 is 0. The molecule has 2 aromatic rings. The standard InChI is InChI=1S/C26H29FN4O4/c1-26(2,35)16-28-23(32)24(33)30-11-9-18(10-12-30)17-4-7-22(8-5-17)29-25(34)31-14-19-3-6-21(27)13-20(19)15-31/h3-9,13,35H,10-12,14-16H2,1-2H3,(H,28,32)(H,29,34). The number of halogens is 1. The molecule has 0 fully saturated rings. The predicted molar refractivity (Wildman–Crippen MR) is 130 cm³/mol. The Labute approximate surface area is 203 Å². The lowest BCUT2D eigenvalue weighted by Gasteiger charge is -2.27.